The normalized spacial score (nSPS) is 16.1. The van der Waals surface area contributed by atoms with E-state index >= 15 is 0 Å². The molecule has 0 atom stereocenters. The van der Waals surface area contributed by atoms with E-state index in [4.69, 9.17) is 0 Å². The van der Waals surface area contributed by atoms with E-state index in [1.165, 1.54) is 17.0 Å². The van der Waals surface area contributed by atoms with E-state index in [0.717, 1.165) is 12.8 Å². The first-order valence-electron chi connectivity index (χ1n) is 5.39. The van der Waals surface area contributed by atoms with E-state index in [0.29, 0.717) is 0 Å². The molecule has 0 spiro atoms. The minimum atomic E-state index is -4.19. The van der Waals surface area contributed by atoms with Crippen molar-refractivity contribution in [2.45, 2.75) is 31.2 Å². The quantitative estimate of drug-likeness (QED) is 0.827. The average Bonchev–Trinajstić information content (AvgIpc) is 3.11. The summed E-state index contributed by atoms with van der Waals surface area (Å²) in [5, 5.41) is 1.98. The van der Waals surface area contributed by atoms with E-state index in [-0.39, 0.29) is 11.9 Å². The van der Waals surface area contributed by atoms with Crippen molar-refractivity contribution in [3.63, 3.8) is 0 Å². The number of rotatable bonds is 5. The van der Waals surface area contributed by atoms with Crippen LogP contribution < -0.4 is 10.9 Å². The SMILES string of the molecule is O=c1c(NCC(F)(F)C(F)F)nccn1C1CC1. The maximum Gasteiger partial charge on any atom is 0.324 e. The molecule has 8 heteroatoms. The van der Waals surface area contributed by atoms with Crippen LogP contribution >= 0.6 is 0 Å². The number of nitrogens with zero attached hydrogens (tertiary/aromatic N) is 2. The molecule has 1 heterocycles. The Kier molecular flexibility index (Phi) is 3.27. The fourth-order valence-electron chi connectivity index (χ4n) is 1.47. The number of hydrogen-bond acceptors (Lipinski definition) is 3. The van der Waals surface area contributed by atoms with Crippen molar-refractivity contribution in [2.75, 3.05) is 11.9 Å². The molecule has 1 aliphatic carbocycles. The first-order valence-corrected chi connectivity index (χ1v) is 5.39. The molecule has 100 valence electrons. The summed E-state index contributed by atoms with van der Waals surface area (Å²) in [6.07, 6.45) is 0.644. The second kappa shape index (κ2) is 4.58. The third kappa shape index (κ3) is 2.62. The van der Waals surface area contributed by atoms with Crippen molar-refractivity contribution in [3.05, 3.63) is 22.7 Å². The highest BCUT2D eigenvalue weighted by molar-refractivity contribution is 5.31. The van der Waals surface area contributed by atoms with Crippen molar-refractivity contribution >= 4 is 5.82 Å². The van der Waals surface area contributed by atoms with Gasteiger partial charge in [-0.05, 0) is 12.8 Å². The highest BCUT2D eigenvalue weighted by Crippen LogP contribution is 2.33. The van der Waals surface area contributed by atoms with Gasteiger partial charge in [0, 0.05) is 18.4 Å². The van der Waals surface area contributed by atoms with Crippen LogP contribution in [-0.2, 0) is 0 Å². The van der Waals surface area contributed by atoms with Crippen LogP contribution in [0.25, 0.3) is 0 Å². The molecule has 1 aliphatic rings. The summed E-state index contributed by atoms with van der Waals surface area (Å²) >= 11 is 0. The molecular weight excluding hydrogens is 254 g/mol. The summed E-state index contributed by atoms with van der Waals surface area (Å²) in [6.45, 7) is -1.32. The van der Waals surface area contributed by atoms with E-state index in [1.807, 2.05) is 5.32 Å². The summed E-state index contributed by atoms with van der Waals surface area (Å²) in [5.41, 5.74) is -0.565. The van der Waals surface area contributed by atoms with Gasteiger partial charge in [-0.3, -0.25) is 4.79 Å². The first kappa shape index (κ1) is 12.8. The molecule has 1 saturated carbocycles. The third-order valence-corrected chi connectivity index (χ3v) is 2.62. The van der Waals surface area contributed by atoms with E-state index in [9.17, 15) is 22.4 Å². The molecule has 0 aromatic carbocycles. The van der Waals surface area contributed by atoms with Crippen LogP contribution in [0.4, 0.5) is 23.4 Å². The number of halogens is 4. The number of nitrogens with one attached hydrogen (secondary N) is 1. The van der Waals surface area contributed by atoms with Gasteiger partial charge < -0.3 is 9.88 Å². The van der Waals surface area contributed by atoms with E-state index in [1.54, 1.807) is 0 Å². The Hall–Kier alpha value is -1.60. The fraction of sp³-hybridized carbons (Fsp3) is 0.600. The largest absolute Gasteiger partial charge is 0.359 e. The Balaban J connectivity index is 2.10. The molecule has 0 aliphatic heterocycles. The average molecular weight is 265 g/mol. The van der Waals surface area contributed by atoms with Gasteiger partial charge in [-0.1, -0.05) is 0 Å². The maximum atomic E-state index is 12.7. The fourth-order valence-corrected chi connectivity index (χ4v) is 1.47. The smallest absolute Gasteiger partial charge is 0.324 e. The van der Waals surface area contributed by atoms with Gasteiger partial charge in [-0.15, -0.1) is 0 Å². The van der Waals surface area contributed by atoms with Gasteiger partial charge in [0.1, 0.15) is 0 Å². The molecule has 0 bridgehead atoms. The minimum Gasteiger partial charge on any atom is -0.359 e. The van der Waals surface area contributed by atoms with Gasteiger partial charge in [-0.2, -0.15) is 8.78 Å². The molecule has 0 unspecified atom stereocenters. The van der Waals surface area contributed by atoms with Crippen LogP contribution in [0.15, 0.2) is 17.2 Å². The lowest BCUT2D eigenvalue weighted by Gasteiger charge is -2.16. The predicted octanol–water partition coefficient (Wildman–Crippen LogP) is 1.89. The molecule has 1 aromatic heterocycles. The monoisotopic (exact) mass is 265 g/mol. The molecule has 0 saturated heterocycles. The summed E-state index contributed by atoms with van der Waals surface area (Å²) in [6, 6.07) is 0.0664. The Morgan fingerprint density at radius 3 is 2.72 bits per heavy atom. The van der Waals surface area contributed by atoms with Crippen molar-refractivity contribution in [1.29, 1.82) is 0 Å². The number of aromatic nitrogens is 2. The first-order chi connectivity index (χ1) is 8.42. The Bertz CT molecular complexity index is 484. The molecule has 2 rings (SSSR count). The lowest BCUT2D eigenvalue weighted by molar-refractivity contribution is -0.117. The van der Waals surface area contributed by atoms with Crippen molar-refractivity contribution in [3.8, 4) is 0 Å². The molecule has 0 amide bonds. The zero-order valence-corrected chi connectivity index (χ0v) is 9.25. The van der Waals surface area contributed by atoms with Crippen molar-refractivity contribution in [1.82, 2.24) is 9.55 Å². The second-order valence-electron chi connectivity index (χ2n) is 4.13. The maximum absolute atomic E-state index is 12.7. The van der Waals surface area contributed by atoms with Gasteiger partial charge in [0.15, 0.2) is 5.82 Å². The molecule has 1 aromatic rings. The summed E-state index contributed by atoms with van der Waals surface area (Å²) in [4.78, 5) is 15.3. The van der Waals surface area contributed by atoms with Gasteiger partial charge >= 0.3 is 12.3 Å². The highest BCUT2D eigenvalue weighted by Gasteiger charge is 2.40. The van der Waals surface area contributed by atoms with Gasteiger partial charge in [-0.25, -0.2) is 13.8 Å². The van der Waals surface area contributed by atoms with Crippen LogP contribution in [0.3, 0.4) is 0 Å². The summed E-state index contributed by atoms with van der Waals surface area (Å²) in [7, 11) is 0. The molecule has 1 fully saturated rings. The van der Waals surface area contributed by atoms with Crippen LogP contribution in [0, 0.1) is 0 Å². The number of hydrogen-bond donors (Lipinski definition) is 1. The van der Waals surface area contributed by atoms with Gasteiger partial charge in [0.2, 0.25) is 0 Å². The topological polar surface area (TPSA) is 46.9 Å². The van der Waals surface area contributed by atoms with Crippen LogP contribution in [-0.4, -0.2) is 28.4 Å². The van der Waals surface area contributed by atoms with Crippen LogP contribution in [0.1, 0.15) is 18.9 Å². The Labute approximate surface area is 99.6 Å². The van der Waals surface area contributed by atoms with Crippen LogP contribution in [0.5, 0.6) is 0 Å². The highest BCUT2D eigenvalue weighted by atomic mass is 19.3. The minimum absolute atomic E-state index is 0.0664. The van der Waals surface area contributed by atoms with Crippen molar-refractivity contribution < 1.29 is 17.6 Å². The third-order valence-electron chi connectivity index (χ3n) is 2.62. The predicted molar refractivity (Wildman–Crippen MR) is 56.2 cm³/mol. The van der Waals surface area contributed by atoms with E-state index in [2.05, 4.69) is 4.98 Å². The van der Waals surface area contributed by atoms with Gasteiger partial charge in [0.25, 0.3) is 5.56 Å². The summed E-state index contributed by atoms with van der Waals surface area (Å²) in [5.74, 6) is -4.52. The molecule has 1 N–H and O–H groups in total. The lowest BCUT2D eigenvalue weighted by Crippen LogP contribution is -2.36. The standard InChI is InChI=1S/C10H11F4N3O/c11-9(12)10(13,14)5-16-7-8(18)17(4-3-15-7)6-1-2-6/h3-4,6,9H,1-2,5H2,(H,15,16). The summed E-state index contributed by atoms with van der Waals surface area (Å²) < 4.78 is 50.6. The van der Waals surface area contributed by atoms with Crippen molar-refractivity contribution in [2.24, 2.45) is 0 Å². The molecule has 4 nitrogen and oxygen atoms in total. The number of alkyl halides is 4. The zero-order chi connectivity index (χ0) is 13.3. The zero-order valence-electron chi connectivity index (χ0n) is 9.25. The lowest BCUT2D eigenvalue weighted by atomic mass is 10.3. The second-order valence-corrected chi connectivity index (χ2v) is 4.13. The van der Waals surface area contributed by atoms with Gasteiger partial charge in [0.05, 0.1) is 6.54 Å². The molecule has 0 radical (unpaired) electrons. The number of anilines is 1. The van der Waals surface area contributed by atoms with Crippen LogP contribution in [0.2, 0.25) is 0 Å². The molecular formula is C10H11F4N3O. The Morgan fingerprint density at radius 1 is 1.50 bits per heavy atom. The molecule has 18 heavy (non-hydrogen) atoms. The Morgan fingerprint density at radius 2 is 2.17 bits per heavy atom. The van der Waals surface area contributed by atoms with E-state index < -0.39 is 24.5 Å².